The average Bonchev–Trinajstić information content (AvgIpc) is 2.25. The van der Waals surface area contributed by atoms with Crippen molar-refractivity contribution in [2.45, 2.75) is 6.92 Å². The van der Waals surface area contributed by atoms with Crippen LogP contribution in [0.4, 0.5) is 4.79 Å². The Kier molecular flexibility index (Phi) is 4.85. The zero-order valence-electron chi connectivity index (χ0n) is 9.53. The molecule has 3 amide bonds. The Labute approximate surface area is 112 Å². The quantitative estimate of drug-likeness (QED) is 0.816. The van der Waals surface area contributed by atoms with Gasteiger partial charge in [-0.15, -0.1) is 0 Å². The Morgan fingerprint density at radius 2 is 2.06 bits per heavy atom. The van der Waals surface area contributed by atoms with Crippen LogP contribution in [0.3, 0.4) is 0 Å². The van der Waals surface area contributed by atoms with E-state index in [1.165, 1.54) is 6.92 Å². The number of carbonyl (C=O) groups is 3. The lowest BCUT2D eigenvalue weighted by atomic mass is 10.1. The van der Waals surface area contributed by atoms with Gasteiger partial charge in [-0.25, -0.2) is 4.79 Å². The van der Waals surface area contributed by atoms with Gasteiger partial charge in [0.05, 0.1) is 5.56 Å². The first-order chi connectivity index (χ1) is 8.40. The Morgan fingerprint density at radius 1 is 1.39 bits per heavy atom. The van der Waals surface area contributed by atoms with Crippen LogP contribution in [0.25, 0.3) is 0 Å². The highest BCUT2D eigenvalue weighted by molar-refractivity contribution is 9.10. The number of urea groups is 1. The third-order valence-corrected chi connectivity index (χ3v) is 2.44. The minimum absolute atomic E-state index is 0.187. The number of Topliss-reactive ketones (excluding diaryl/α,β-unsaturated/α-hetero) is 1. The fourth-order valence-corrected chi connectivity index (χ4v) is 1.56. The number of benzene rings is 1. The molecule has 0 saturated carbocycles. The van der Waals surface area contributed by atoms with Crippen LogP contribution < -0.4 is 15.8 Å². The summed E-state index contributed by atoms with van der Waals surface area (Å²) in [5.41, 5.74) is 5.13. The van der Waals surface area contributed by atoms with Crippen molar-refractivity contribution in [3.05, 3.63) is 28.2 Å². The van der Waals surface area contributed by atoms with E-state index >= 15 is 0 Å². The molecule has 6 nitrogen and oxygen atoms in total. The molecule has 96 valence electrons. The minimum Gasteiger partial charge on any atom is -0.483 e. The summed E-state index contributed by atoms with van der Waals surface area (Å²) in [6.07, 6.45) is 0. The predicted octanol–water partition coefficient (Wildman–Crippen LogP) is 1.23. The summed E-state index contributed by atoms with van der Waals surface area (Å²) in [5, 5.41) is 1.85. The molecule has 3 N–H and O–H groups in total. The van der Waals surface area contributed by atoms with Crippen molar-refractivity contribution in [2.75, 3.05) is 6.61 Å². The average molecular weight is 315 g/mol. The number of ether oxygens (including phenoxy) is 1. The zero-order chi connectivity index (χ0) is 13.7. The molecule has 0 saturated heterocycles. The van der Waals surface area contributed by atoms with Gasteiger partial charge in [-0.3, -0.25) is 14.9 Å². The topological polar surface area (TPSA) is 98.5 Å². The van der Waals surface area contributed by atoms with Gasteiger partial charge in [0.1, 0.15) is 5.75 Å². The lowest BCUT2D eigenvalue weighted by molar-refractivity contribution is -0.121. The van der Waals surface area contributed by atoms with Gasteiger partial charge in [0, 0.05) is 4.47 Å². The molecule has 18 heavy (non-hydrogen) atoms. The number of ketones is 1. The standard InChI is InChI=1S/C11H11BrN2O4/c1-6(15)8-3-2-7(12)4-9(8)18-5-10(16)14-11(13)17/h2-4H,5H2,1H3,(H3,13,14,16,17). The molecule has 0 aliphatic rings. The van der Waals surface area contributed by atoms with Crippen molar-refractivity contribution in [2.24, 2.45) is 5.73 Å². The summed E-state index contributed by atoms with van der Waals surface area (Å²) in [6, 6.07) is 3.87. The van der Waals surface area contributed by atoms with E-state index in [-0.39, 0.29) is 11.5 Å². The van der Waals surface area contributed by atoms with Gasteiger partial charge in [0.2, 0.25) is 0 Å². The van der Waals surface area contributed by atoms with E-state index in [0.29, 0.717) is 10.0 Å². The molecule has 0 heterocycles. The van der Waals surface area contributed by atoms with Gasteiger partial charge in [0.25, 0.3) is 5.91 Å². The highest BCUT2D eigenvalue weighted by atomic mass is 79.9. The van der Waals surface area contributed by atoms with Crippen LogP contribution in [0, 0.1) is 0 Å². The van der Waals surface area contributed by atoms with E-state index < -0.39 is 18.5 Å². The third kappa shape index (κ3) is 4.17. The Balaban J connectivity index is 2.77. The van der Waals surface area contributed by atoms with Crippen LogP contribution in [-0.2, 0) is 4.79 Å². The molecule has 7 heteroatoms. The molecule has 1 aromatic carbocycles. The normalized spacial score (nSPS) is 9.67. The van der Waals surface area contributed by atoms with E-state index in [9.17, 15) is 14.4 Å². The number of hydrogen-bond donors (Lipinski definition) is 2. The van der Waals surface area contributed by atoms with Gasteiger partial charge in [-0.2, -0.15) is 0 Å². The molecule has 0 spiro atoms. The van der Waals surface area contributed by atoms with E-state index in [2.05, 4.69) is 15.9 Å². The van der Waals surface area contributed by atoms with Crippen molar-refractivity contribution >= 4 is 33.7 Å². The summed E-state index contributed by atoms with van der Waals surface area (Å²) in [4.78, 5) is 32.9. The first-order valence-electron chi connectivity index (χ1n) is 4.92. The number of amides is 3. The number of halogens is 1. The first kappa shape index (κ1) is 14.2. The summed E-state index contributed by atoms with van der Waals surface area (Å²) in [5.74, 6) is -0.610. The number of carbonyl (C=O) groups excluding carboxylic acids is 3. The number of nitrogens with one attached hydrogen (secondary N) is 1. The van der Waals surface area contributed by atoms with Crippen molar-refractivity contribution in [1.82, 2.24) is 5.32 Å². The van der Waals surface area contributed by atoms with Gasteiger partial charge in [-0.05, 0) is 25.1 Å². The fourth-order valence-electron chi connectivity index (χ4n) is 1.22. The van der Waals surface area contributed by atoms with Crippen LogP contribution in [-0.4, -0.2) is 24.3 Å². The molecule has 1 rings (SSSR count). The van der Waals surface area contributed by atoms with E-state index in [0.717, 1.165) is 0 Å². The summed E-state index contributed by atoms with van der Waals surface area (Å²) >= 11 is 3.23. The number of imide groups is 1. The Bertz CT molecular complexity index is 502. The zero-order valence-corrected chi connectivity index (χ0v) is 11.1. The number of primary amides is 1. The first-order valence-corrected chi connectivity index (χ1v) is 5.72. The van der Waals surface area contributed by atoms with Crippen molar-refractivity contribution in [1.29, 1.82) is 0 Å². The molecule has 0 radical (unpaired) electrons. The third-order valence-electron chi connectivity index (χ3n) is 1.94. The highest BCUT2D eigenvalue weighted by Gasteiger charge is 2.11. The van der Waals surface area contributed by atoms with Crippen LogP contribution in [0.2, 0.25) is 0 Å². The summed E-state index contributed by atoms with van der Waals surface area (Å²) < 4.78 is 5.88. The van der Waals surface area contributed by atoms with Crippen LogP contribution in [0.1, 0.15) is 17.3 Å². The molecular weight excluding hydrogens is 304 g/mol. The minimum atomic E-state index is -0.954. The SMILES string of the molecule is CC(=O)c1ccc(Br)cc1OCC(=O)NC(N)=O. The summed E-state index contributed by atoms with van der Waals surface area (Å²) in [6.45, 7) is 0.985. The molecule has 0 aliphatic carbocycles. The van der Waals surface area contributed by atoms with E-state index in [1.54, 1.807) is 18.2 Å². The second-order valence-electron chi connectivity index (χ2n) is 3.40. The smallest absolute Gasteiger partial charge is 0.318 e. The van der Waals surface area contributed by atoms with Gasteiger partial charge in [0.15, 0.2) is 12.4 Å². The van der Waals surface area contributed by atoms with Crippen molar-refractivity contribution in [3.63, 3.8) is 0 Å². The molecule has 0 unspecified atom stereocenters. The molecule has 0 atom stereocenters. The molecular formula is C11H11BrN2O4. The molecule has 1 aromatic rings. The largest absolute Gasteiger partial charge is 0.483 e. The van der Waals surface area contributed by atoms with E-state index in [1.807, 2.05) is 5.32 Å². The second kappa shape index (κ2) is 6.15. The number of hydrogen-bond acceptors (Lipinski definition) is 4. The lowest BCUT2D eigenvalue weighted by Gasteiger charge is -2.09. The maximum atomic E-state index is 11.3. The maximum absolute atomic E-state index is 11.3. The van der Waals surface area contributed by atoms with Crippen molar-refractivity contribution < 1.29 is 19.1 Å². The number of rotatable bonds is 4. The summed E-state index contributed by atoms with van der Waals surface area (Å²) in [7, 11) is 0. The highest BCUT2D eigenvalue weighted by Crippen LogP contribution is 2.24. The molecule has 0 fully saturated rings. The van der Waals surface area contributed by atoms with Gasteiger partial charge in [-0.1, -0.05) is 15.9 Å². The Hall–Kier alpha value is -1.89. The van der Waals surface area contributed by atoms with Gasteiger partial charge >= 0.3 is 6.03 Å². The monoisotopic (exact) mass is 314 g/mol. The Morgan fingerprint density at radius 3 is 2.61 bits per heavy atom. The second-order valence-corrected chi connectivity index (χ2v) is 4.31. The maximum Gasteiger partial charge on any atom is 0.318 e. The van der Waals surface area contributed by atoms with E-state index in [4.69, 9.17) is 10.5 Å². The fraction of sp³-hybridized carbons (Fsp3) is 0.182. The van der Waals surface area contributed by atoms with Crippen LogP contribution in [0.5, 0.6) is 5.75 Å². The van der Waals surface area contributed by atoms with Crippen LogP contribution >= 0.6 is 15.9 Å². The number of nitrogens with two attached hydrogens (primary N) is 1. The predicted molar refractivity (Wildman–Crippen MR) is 67.4 cm³/mol. The van der Waals surface area contributed by atoms with Crippen molar-refractivity contribution in [3.8, 4) is 5.75 Å². The molecule has 0 bridgehead atoms. The molecule has 0 aliphatic heterocycles. The van der Waals surface area contributed by atoms with Gasteiger partial charge < -0.3 is 10.5 Å². The molecule has 0 aromatic heterocycles. The van der Waals surface area contributed by atoms with Crippen LogP contribution in [0.15, 0.2) is 22.7 Å². The lowest BCUT2D eigenvalue weighted by Crippen LogP contribution is -2.38.